The Bertz CT molecular complexity index is 1060. The number of aromatic nitrogens is 2. The molecule has 1 aromatic carbocycles. The first kappa shape index (κ1) is 23.4. The van der Waals surface area contributed by atoms with E-state index in [1.54, 1.807) is 20.9 Å². The van der Waals surface area contributed by atoms with Crippen LogP contribution in [0.1, 0.15) is 43.6 Å². The van der Waals surface area contributed by atoms with Crippen LogP contribution in [0.25, 0.3) is 11.0 Å². The monoisotopic (exact) mass is 487 g/mol. The third-order valence-electron chi connectivity index (χ3n) is 5.45. The fourth-order valence-electron chi connectivity index (χ4n) is 3.57. The van der Waals surface area contributed by atoms with E-state index in [0.29, 0.717) is 5.69 Å². The standard InChI is InChI=1S/C24H30BrN3O3/c1-24(2,30)21-13-12-18-15-19(16-22(29)27(3)31-4)28(23(18)26-21)14-8-7-10-17-9-5-6-11-20(17)25/h5-6,9,11-13,15,30H,7-8,10,14,16H2,1-4H3. The molecule has 0 atom stereocenters. The van der Waals surface area contributed by atoms with Crippen LogP contribution in [0.15, 0.2) is 46.9 Å². The molecule has 0 aliphatic heterocycles. The first-order valence-electron chi connectivity index (χ1n) is 10.5. The lowest BCUT2D eigenvalue weighted by molar-refractivity contribution is -0.167. The summed E-state index contributed by atoms with van der Waals surface area (Å²) in [5.74, 6) is -0.123. The molecule has 7 heteroatoms. The Hall–Kier alpha value is -2.22. The van der Waals surface area contributed by atoms with Crippen molar-refractivity contribution in [3.8, 4) is 0 Å². The summed E-state index contributed by atoms with van der Waals surface area (Å²) in [6.07, 6.45) is 3.16. The highest BCUT2D eigenvalue weighted by molar-refractivity contribution is 9.10. The van der Waals surface area contributed by atoms with Crippen molar-refractivity contribution < 1.29 is 14.7 Å². The molecule has 2 aromatic heterocycles. The second kappa shape index (κ2) is 9.94. The van der Waals surface area contributed by atoms with Crippen molar-refractivity contribution in [3.05, 3.63) is 63.9 Å². The lowest BCUT2D eigenvalue weighted by Crippen LogP contribution is -2.27. The molecule has 1 amide bonds. The summed E-state index contributed by atoms with van der Waals surface area (Å²) in [5.41, 5.74) is 2.56. The number of carbonyl (C=O) groups is 1. The van der Waals surface area contributed by atoms with E-state index in [4.69, 9.17) is 9.82 Å². The van der Waals surface area contributed by atoms with Crippen LogP contribution < -0.4 is 0 Å². The summed E-state index contributed by atoms with van der Waals surface area (Å²) in [5, 5.41) is 12.6. The predicted octanol–water partition coefficient (Wildman–Crippen LogP) is 4.61. The number of benzene rings is 1. The van der Waals surface area contributed by atoms with Gasteiger partial charge in [-0.05, 0) is 62.9 Å². The number of unbranched alkanes of at least 4 members (excludes halogenated alkanes) is 1. The van der Waals surface area contributed by atoms with Crippen molar-refractivity contribution in [1.82, 2.24) is 14.6 Å². The number of rotatable bonds is 9. The van der Waals surface area contributed by atoms with Gasteiger partial charge in [0, 0.05) is 29.1 Å². The van der Waals surface area contributed by atoms with Crippen LogP contribution in [-0.4, -0.2) is 39.8 Å². The van der Waals surface area contributed by atoms with E-state index in [1.165, 1.54) is 17.7 Å². The van der Waals surface area contributed by atoms with Gasteiger partial charge < -0.3 is 9.67 Å². The molecule has 0 radical (unpaired) electrons. The van der Waals surface area contributed by atoms with Crippen molar-refractivity contribution >= 4 is 32.9 Å². The molecule has 166 valence electrons. The molecule has 0 aliphatic rings. The first-order valence-corrected chi connectivity index (χ1v) is 11.3. The van der Waals surface area contributed by atoms with Gasteiger partial charge in [-0.2, -0.15) is 0 Å². The number of nitrogens with zero attached hydrogens (tertiary/aromatic N) is 3. The normalized spacial score (nSPS) is 11.8. The van der Waals surface area contributed by atoms with E-state index in [9.17, 15) is 9.90 Å². The van der Waals surface area contributed by atoms with Crippen LogP contribution in [0, 0.1) is 0 Å². The molecule has 3 rings (SSSR count). The smallest absolute Gasteiger partial charge is 0.251 e. The van der Waals surface area contributed by atoms with Crippen molar-refractivity contribution in [2.75, 3.05) is 14.2 Å². The third kappa shape index (κ3) is 5.73. The van der Waals surface area contributed by atoms with Gasteiger partial charge in [0.05, 0.1) is 19.2 Å². The summed E-state index contributed by atoms with van der Waals surface area (Å²) in [6.45, 7) is 4.20. The van der Waals surface area contributed by atoms with Gasteiger partial charge in [-0.1, -0.05) is 34.1 Å². The number of pyridine rings is 1. The second-order valence-electron chi connectivity index (χ2n) is 8.25. The fourth-order valence-corrected chi connectivity index (χ4v) is 4.06. The van der Waals surface area contributed by atoms with E-state index in [1.807, 2.05) is 24.3 Å². The molecule has 31 heavy (non-hydrogen) atoms. The van der Waals surface area contributed by atoms with Gasteiger partial charge in [-0.15, -0.1) is 0 Å². The Kier molecular flexibility index (Phi) is 7.51. The molecule has 0 saturated heterocycles. The number of halogens is 1. The third-order valence-corrected chi connectivity index (χ3v) is 6.22. The maximum absolute atomic E-state index is 12.5. The Labute approximate surface area is 191 Å². The summed E-state index contributed by atoms with van der Waals surface area (Å²) < 4.78 is 3.23. The lowest BCUT2D eigenvalue weighted by Gasteiger charge is -2.18. The van der Waals surface area contributed by atoms with Crippen LogP contribution >= 0.6 is 15.9 Å². The molecule has 1 N–H and O–H groups in total. The van der Waals surface area contributed by atoms with Gasteiger partial charge in [-0.25, -0.2) is 10.0 Å². The topological polar surface area (TPSA) is 67.6 Å². The summed E-state index contributed by atoms with van der Waals surface area (Å²) >= 11 is 3.61. The molecule has 0 fully saturated rings. The Morgan fingerprint density at radius 2 is 1.97 bits per heavy atom. The number of aryl methyl sites for hydroxylation is 2. The van der Waals surface area contributed by atoms with Crippen molar-refractivity contribution in [3.63, 3.8) is 0 Å². The van der Waals surface area contributed by atoms with Crippen LogP contribution in [0.2, 0.25) is 0 Å². The van der Waals surface area contributed by atoms with Crippen molar-refractivity contribution in [2.24, 2.45) is 0 Å². The number of hydrogen-bond acceptors (Lipinski definition) is 4. The number of hydrogen-bond donors (Lipinski definition) is 1. The van der Waals surface area contributed by atoms with Gasteiger partial charge in [-0.3, -0.25) is 9.63 Å². The molecule has 0 aliphatic carbocycles. The molecular weight excluding hydrogens is 458 g/mol. The maximum Gasteiger partial charge on any atom is 0.251 e. The Balaban J connectivity index is 1.85. The molecule has 3 aromatic rings. The van der Waals surface area contributed by atoms with Gasteiger partial charge in [0.25, 0.3) is 5.91 Å². The van der Waals surface area contributed by atoms with E-state index in [2.05, 4.69) is 38.7 Å². The highest BCUT2D eigenvalue weighted by Crippen LogP contribution is 2.25. The van der Waals surface area contributed by atoms with Gasteiger partial charge in [0.2, 0.25) is 0 Å². The first-order chi connectivity index (χ1) is 14.7. The second-order valence-corrected chi connectivity index (χ2v) is 9.11. The van der Waals surface area contributed by atoms with Crippen molar-refractivity contribution in [2.45, 2.75) is 51.7 Å². The van der Waals surface area contributed by atoms with Crippen molar-refractivity contribution in [1.29, 1.82) is 0 Å². The number of aliphatic hydroxyl groups is 1. The SMILES string of the molecule is CON(C)C(=O)Cc1cc2ccc(C(C)(C)O)nc2n1CCCCc1ccccc1Br. The van der Waals surface area contributed by atoms with E-state index >= 15 is 0 Å². The average molecular weight is 488 g/mol. The summed E-state index contributed by atoms with van der Waals surface area (Å²) in [6, 6.07) is 14.1. The Morgan fingerprint density at radius 3 is 2.65 bits per heavy atom. The number of fused-ring (bicyclic) bond motifs is 1. The maximum atomic E-state index is 12.5. The van der Waals surface area contributed by atoms with Crippen LogP contribution in [0.5, 0.6) is 0 Å². The minimum atomic E-state index is -1.03. The molecule has 2 heterocycles. The summed E-state index contributed by atoms with van der Waals surface area (Å²) in [4.78, 5) is 22.3. The minimum Gasteiger partial charge on any atom is -0.384 e. The van der Waals surface area contributed by atoms with Gasteiger partial charge >= 0.3 is 0 Å². The molecule has 6 nitrogen and oxygen atoms in total. The molecular formula is C24H30BrN3O3. The zero-order valence-corrected chi connectivity index (χ0v) is 20.1. The van der Waals surface area contributed by atoms with Crippen LogP contribution in [0.3, 0.4) is 0 Å². The number of likely N-dealkylation sites (N-methyl/N-ethyl adjacent to an activating group) is 1. The molecule has 0 saturated carbocycles. The number of hydroxylamine groups is 2. The lowest BCUT2D eigenvalue weighted by atomic mass is 10.0. The number of carbonyl (C=O) groups excluding carboxylic acids is 1. The predicted molar refractivity (Wildman–Crippen MR) is 126 cm³/mol. The van der Waals surface area contributed by atoms with Crippen LogP contribution in [-0.2, 0) is 34.6 Å². The number of amides is 1. The summed E-state index contributed by atoms with van der Waals surface area (Å²) in [7, 11) is 3.09. The molecule has 0 bridgehead atoms. The van der Waals surface area contributed by atoms with Gasteiger partial charge in [0.15, 0.2) is 0 Å². The van der Waals surface area contributed by atoms with Gasteiger partial charge in [0.1, 0.15) is 11.2 Å². The fraction of sp³-hybridized carbons (Fsp3) is 0.417. The Morgan fingerprint density at radius 1 is 1.23 bits per heavy atom. The van der Waals surface area contributed by atoms with E-state index in [-0.39, 0.29) is 12.3 Å². The van der Waals surface area contributed by atoms with Crippen LogP contribution in [0.4, 0.5) is 0 Å². The zero-order chi connectivity index (χ0) is 22.6. The van der Waals surface area contributed by atoms with E-state index in [0.717, 1.165) is 47.0 Å². The van der Waals surface area contributed by atoms with E-state index < -0.39 is 5.60 Å². The average Bonchev–Trinajstić information content (AvgIpc) is 3.07. The minimum absolute atomic E-state index is 0.123. The highest BCUT2D eigenvalue weighted by Gasteiger charge is 2.21. The molecule has 0 unspecified atom stereocenters. The highest BCUT2D eigenvalue weighted by atomic mass is 79.9. The largest absolute Gasteiger partial charge is 0.384 e. The quantitative estimate of drug-likeness (QED) is 0.353. The molecule has 0 spiro atoms. The zero-order valence-electron chi connectivity index (χ0n) is 18.6.